The SMILES string of the molecule is N=Cc1ncc(N2CCCC(COc3ccccc3C(F)(F)F)C2)nc1NC1CCNCC1. The highest BCUT2D eigenvalue weighted by atomic mass is 19.4. The van der Waals surface area contributed by atoms with Crippen LogP contribution in [0, 0.1) is 11.3 Å². The molecule has 2 saturated heterocycles. The quantitative estimate of drug-likeness (QED) is 0.540. The lowest BCUT2D eigenvalue weighted by molar-refractivity contribution is -0.139. The molecular formula is C23H29F3N6O. The molecule has 2 aromatic rings. The van der Waals surface area contributed by atoms with Crippen molar-refractivity contribution in [2.75, 3.05) is 43.0 Å². The van der Waals surface area contributed by atoms with E-state index in [4.69, 9.17) is 15.1 Å². The van der Waals surface area contributed by atoms with Crippen LogP contribution in [-0.2, 0) is 6.18 Å². The molecule has 2 aliphatic heterocycles. The van der Waals surface area contributed by atoms with Crippen LogP contribution in [0.4, 0.5) is 24.8 Å². The Kier molecular flexibility index (Phi) is 7.32. The van der Waals surface area contributed by atoms with E-state index in [-0.39, 0.29) is 24.3 Å². The molecule has 2 fully saturated rings. The first-order valence-electron chi connectivity index (χ1n) is 11.3. The van der Waals surface area contributed by atoms with E-state index in [9.17, 15) is 13.2 Å². The van der Waals surface area contributed by atoms with Crippen LogP contribution >= 0.6 is 0 Å². The van der Waals surface area contributed by atoms with Gasteiger partial charge in [0.2, 0.25) is 0 Å². The Hall–Kier alpha value is -2.88. The molecule has 0 bridgehead atoms. The average Bonchev–Trinajstić information content (AvgIpc) is 2.83. The summed E-state index contributed by atoms with van der Waals surface area (Å²) in [4.78, 5) is 11.3. The zero-order chi connectivity index (χ0) is 23.3. The Labute approximate surface area is 191 Å². The first kappa shape index (κ1) is 23.3. The van der Waals surface area contributed by atoms with Crippen molar-refractivity contribution in [3.8, 4) is 5.75 Å². The molecule has 0 aliphatic carbocycles. The van der Waals surface area contributed by atoms with Gasteiger partial charge >= 0.3 is 6.18 Å². The molecule has 1 unspecified atom stereocenters. The molecule has 1 atom stereocenters. The maximum absolute atomic E-state index is 13.2. The maximum atomic E-state index is 13.2. The molecule has 1 aromatic carbocycles. The number of benzene rings is 1. The molecule has 0 spiro atoms. The molecule has 3 heterocycles. The number of ether oxygens (including phenoxy) is 1. The number of nitrogens with one attached hydrogen (secondary N) is 3. The second-order valence-corrected chi connectivity index (χ2v) is 8.53. The number of para-hydroxylation sites is 1. The van der Waals surface area contributed by atoms with E-state index in [0.29, 0.717) is 23.9 Å². The minimum Gasteiger partial charge on any atom is -0.493 e. The second-order valence-electron chi connectivity index (χ2n) is 8.53. The standard InChI is InChI=1S/C23H29F3N6O/c24-23(25,26)18-5-1-2-6-20(18)33-15-16-4-3-11-32(14-16)21-13-29-19(12-27)22(31-21)30-17-7-9-28-10-8-17/h1-2,5-6,12-13,16-17,27-28H,3-4,7-11,14-15H2,(H,30,31). The summed E-state index contributed by atoms with van der Waals surface area (Å²) in [6, 6.07) is 5.61. The van der Waals surface area contributed by atoms with Crippen LogP contribution in [-0.4, -0.2) is 55.0 Å². The van der Waals surface area contributed by atoms with E-state index in [1.165, 1.54) is 18.3 Å². The van der Waals surface area contributed by atoms with Crippen LogP contribution in [0.2, 0.25) is 0 Å². The van der Waals surface area contributed by atoms with Gasteiger partial charge in [-0.15, -0.1) is 0 Å². The van der Waals surface area contributed by atoms with Crippen molar-refractivity contribution in [2.24, 2.45) is 5.92 Å². The Bertz CT molecular complexity index is 948. The largest absolute Gasteiger partial charge is 0.493 e. The van der Waals surface area contributed by atoms with Gasteiger partial charge in [-0.05, 0) is 50.9 Å². The number of anilines is 2. The fourth-order valence-electron chi connectivity index (χ4n) is 4.36. The first-order chi connectivity index (χ1) is 15.9. The molecule has 0 amide bonds. The van der Waals surface area contributed by atoms with Crippen LogP contribution in [0.5, 0.6) is 5.75 Å². The number of rotatable bonds is 7. The predicted octanol–water partition coefficient (Wildman–Crippen LogP) is 3.95. The number of alkyl halides is 3. The molecule has 10 heteroatoms. The lowest BCUT2D eigenvalue weighted by Gasteiger charge is -2.34. The fourth-order valence-corrected chi connectivity index (χ4v) is 4.36. The molecule has 1 aromatic heterocycles. The highest BCUT2D eigenvalue weighted by Crippen LogP contribution is 2.36. The van der Waals surface area contributed by atoms with Gasteiger partial charge in [0.05, 0.1) is 18.4 Å². The summed E-state index contributed by atoms with van der Waals surface area (Å²) < 4.78 is 45.3. The van der Waals surface area contributed by atoms with Crippen molar-refractivity contribution in [1.82, 2.24) is 15.3 Å². The smallest absolute Gasteiger partial charge is 0.419 e. The number of hydrogen-bond acceptors (Lipinski definition) is 7. The van der Waals surface area contributed by atoms with Crippen molar-refractivity contribution in [2.45, 2.75) is 37.9 Å². The lowest BCUT2D eigenvalue weighted by Crippen LogP contribution is -2.39. The molecule has 3 N–H and O–H groups in total. The van der Waals surface area contributed by atoms with Gasteiger partial charge in [-0.2, -0.15) is 13.2 Å². The van der Waals surface area contributed by atoms with Gasteiger partial charge in [0.25, 0.3) is 0 Å². The van der Waals surface area contributed by atoms with E-state index < -0.39 is 11.7 Å². The van der Waals surface area contributed by atoms with Gasteiger partial charge in [0.1, 0.15) is 17.3 Å². The van der Waals surface area contributed by atoms with E-state index in [1.807, 2.05) is 0 Å². The van der Waals surface area contributed by atoms with Crippen LogP contribution < -0.4 is 20.3 Å². The Balaban J connectivity index is 1.42. The number of piperidine rings is 2. The molecule has 7 nitrogen and oxygen atoms in total. The van der Waals surface area contributed by atoms with Crippen molar-refractivity contribution >= 4 is 17.9 Å². The summed E-state index contributed by atoms with van der Waals surface area (Å²) in [6.45, 7) is 3.50. The van der Waals surface area contributed by atoms with Crippen LogP contribution in [0.25, 0.3) is 0 Å². The van der Waals surface area contributed by atoms with Gasteiger partial charge in [-0.25, -0.2) is 9.97 Å². The predicted molar refractivity (Wildman–Crippen MR) is 121 cm³/mol. The third kappa shape index (κ3) is 5.93. The topological polar surface area (TPSA) is 86.2 Å². The third-order valence-corrected chi connectivity index (χ3v) is 6.11. The van der Waals surface area contributed by atoms with Crippen LogP contribution in [0.3, 0.4) is 0 Å². The van der Waals surface area contributed by atoms with Crippen molar-refractivity contribution in [1.29, 1.82) is 5.41 Å². The van der Waals surface area contributed by atoms with Crippen LogP contribution in [0.15, 0.2) is 30.5 Å². The minimum atomic E-state index is -4.45. The molecule has 33 heavy (non-hydrogen) atoms. The van der Waals surface area contributed by atoms with E-state index in [0.717, 1.165) is 51.4 Å². The second kappa shape index (κ2) is 10.4. The lowest BCUT2D eigenvalue weighted by atomic mass is 9.99. The van der Waals surface area contributed by atoms with Crippen molar-refractivity contribution < 1.29 is 17.9 Å². The monoisotopic (exact) mass is 462 g/mol. The Morgan fingerprint density at radius 1 is 1.21 bits per heavy atom. The zero-order valence-corrected chi connectivity index (χ0v) is 18.4. The van der Waals surface area contributed by atoms with Gasteiger partial charge in [-0.1, -0.05) is 12.1 Å². The highest BCUT2D eigenvalue weighted by Gasteiger charge is 2.34. The molecule has 178 valence electrons. The summed E-state index contributed by atoms with van der Waals surface area (Å²) in [7, 11) is 0. The zero-order valence-electron chi connectivity index (χ0n) is 18.4. The molecule has 2 aliphatic rings. The van der Waals surface area contributed by atoms with Crippen LogP contribution in [0.1, 0.15) is 36.9 Å². The minimum absolute atomic E-state index is 0.0742. The van der Waals surface area contributed by atoms with Gasteiger partial charge in [0.15, 0.2) is 5.82 Å². The number of halogens is 3. The van der Waals surface area contributed by atoms with E-state index in [1.54, 1.807) is 12.3 Å². The van der Waals surface area contributed by atoms with Crippen molar-refractivity contribution in [3.63, 3.8) is 0 Å². The molecule has 0 saturated carbocycles. The number of hydrogen-bond donors (Lipinski definition) is 3. The first-order valence-corrected chi connectivity index (χ1v) is 11.3. The average molecular weight is 463 g/mol. The third-order valence-electron chi connectivity index (χ3n) is 6.11. The number of aromatic nitrogens is 2. The van der Waals surface area contributed by atoms with Crippen molar-refractivity contribution in [3.05, 3.63) is 41.7 Å². The summed E-state index contributed by atoms with van der Waals surface area (Å²) in [5.74, 6) is 1.25. The van der Waals surface area contributed by atoms with E-state index >= 15 is 0 Å². The highest BCUT2D eigenvalue weighted by molar-refractivity contribution is 5.82. The molecular weight excluding hydrogens is 433 g/mol. The van der Waals surface area contributed by atoms with Gasteiger partial charge < -0.3 is 25.7 Å². The molecule has 0 radical (unpaired) electrons. The normalized spacial score (nSPS) is 19.8. The van der Waals surface area contributed by atoms with Gasteiger partial charge in [-0.3, -0.25) is 0 Å². The summed E-state index contributed by atoms with van der Waals surface area (Å²) >= 11 is 0. The van der Waals surface area contributed by atoms with E-state index in [2.05, 4.69) is 20.5 Å². The number of nitrogens with zero attached hydrogens (tertiary/aromatic N) is 3. The molecule has 4 rings (SSSR count). The Morgan fingerprint density at radius 3 is 2.76 bits per heavy atom. The summed E-state index contributed by atoms with van der Waals surface area (Å²) in [5, 5.41) is 14.4. The Morgan fingerprint density at radius 2 is 2.00 bits per heavy atom. The summed E-state index contributed by atoms with van der Waals surface area (Å²) in [6.07, 6.45) is 2.13. The maximum Gasteiger partial charge on any atom is 0.419 e. The van der Waals surface area contributed by atoms with Gasteiger partial charge in [0, 0.05) is 31.3 Å². The summed E-state index contributed by atoms with van der Waals surface area (Å²) in [5.41, 5.74) is -0.252. The fraction of sp³-hybridized carbons (Fsp3) is 0.522.